The van der Waals surface area contributed by atoms with Gasteiger partial charge in [0.2, 0.25) is 0 Å². The third kappa shape index (κ3) is 4.27. The quantitative estimate of drug-likeness (QED) is 0.843. The second-order valence-corrected chi connectivity index (χ2v) is 5.39. The van der Waals surface area contributed by atoms with E-state index in [1.165, 1.54) is 12.1 Å². The lowest BCUT2D eigenvalue weighted by atomic mass is 10.1. The summed E-state index contributed by atoms with van der Waals surface area (Å²) in [5.41, 5.74) is 5.49. The van der Waals surface area contributed by atoms with Gasteiger partial charge in [-0.3, -0.25) is 4.79 Å². The molecule has 1 aliphatic carbocycles. The largest absolute Gasteiger partial charge is 0.573 e. The molecule has 0 radical (unpaired) electrons. The molecule has 0 aliphatic heterocycles. The summed E-state index contributed by atoms with van der Waals surface area (Å²) in [6, 6.07) is 3.62. The molecule has 0 spiro atoms. The molecular formula is C14H17F3N2O2. The molecule has 2 unspecified atom stereocenters. The summed E-state index contributed by atoms with van der Waals surface area (Å²) in [5.74, 6) is -0.268. The molecule has 0 aromatic heterocycles. The van der Waals surface area contributed by atoms with Crippen LogP contribution in [0.4, 0.5) is 18.9 Å². The van der Waals surface area contributed by atoms with Crippen LogP contribution in [-0.4, -0.2) is 18.3 Å². The summed E-state index contributed by atoms with van der Waals surface area (Å²) in [6.07, 6.45) is -1.92. The number of benzene rings is 1. The number of rotatable bonds is 3. The van der Waals surface area contributed by atoms with Gasteiger partial charge in [-0.05, 0) is 43.4 Å². The number of carbonyl (C=O) groups is 1. The predicted molar refractivity (Wildman–Crippen MR) is 71.8 cm³/mol. The van der Waals surface area contributed by atoms with Gasteiger partial charge in [0, 0.05) is 11.6 Å². The molecule has 116 valence electrons. The number of hydrogen-bond acceptors (Lipinski definition) is 3. The van der Waals surface area contributed by atoms with Gasteiger partial charge in [-0.15, -0.1) is 13.2 Å². The lowest BCUT2D eigenvalue weighted by Gasteiger charge is -2.14. The molecule has 1 aromatic carbocycles. The van der Waals surface area contributed by atoms with Gasteiger partial charge in [0.15, 0.2) is 5.75 Å². The number of anilines is 1. The molecule has 3 N–H and O–H groups in total. The van der Waals surface area contributed by atoms with Crippen LogP contribution < -0.4 is 15.8 Å². The Morgan fingerprint density at radius 3 is 2.62 bits per heavy atom. The molecule has 1 saturated carbocycles. The van der Waals surface area contributed by atoms with E-state index in [1.54, 1.807) is 0 Å². The molecule has 2 atom stereocenters. The zero-order chi connectivity index (χ0) is 15.6. The highest BCUT2D eigenvalue weighted by Gasteiger charge is 2.32. The Morgan fingerprint density at radius 1 is 1.38 bits per heavy atom. The minimum absolute atomic E-state index is 0.111. The summed E-state index contributed by atoms with van der Waals surface area (Å²) in [6.45, 7) is 2.12. The number of amides is 1. The number of ether oxygens (including phenoxy) is 1. The SMILES string of the molecule is CC1CCC(NC(=O)c2ccc(OC(F)(F)F)c(N)c2)C1. The minimum Gasteiger partial charge on any atom is -0.404 e. The summed E-state index contributed by atoms with van der Waals surface area (Å²) in [5, 5.41) is 2.86. The van der Waals surface area contributed by atoms with E-state index in [2.05, 4.69) is 17.0 Å². The molecule has 1 fully saturated rings. The van der Waals surface area contributed by atoms with Crippen LogP contribution in [0.15, 0.2) is 18.2 Å². The fourth-order valence-electron chi connectivity index (χ4n) is 2.51. The summed E-state index contributed by atoms with van der Waals surface area (Å²) in [4.78, 5) is 12.0. The van der Waals surface area contributed by atoms with Gasteiger partial charge in [-0.25, -0.2) is 0 Å². The molecule has 1 amide bonds. The standard InChI is InChI=1S/C14H17F3N2O2/c1-8-2-4-10(6-8)19-13(20)9-3-5-12(11(18)7-9)21-14(15,16)17/h3,5,7-8,10H,2,4,6,18H2,1H3,(H,19,20). The first kappa shape index (κ1) is 15.5. The highest BCUT2D eigenvalue weighted by Crippen LogP contribution is 2.29. The van der Waals surface area contributed by atoms with E-state index in [0.29, 0.717) is 5.92 Å². The molecule has 2 rings (SSSR count). The van der Waals surface area contributed by atoms with Gasteiger partial charge in [0.1, 0.15) is 0 Å². The molecule has 0 heterocycles. The maximum absolute atomic E-state index is 12.1. The van der Waals surface area contributed by atoms with Crippen molar-refractivity contribution in [3.63, 3.8) is 0 Å². The number of alkyl halides is 3. The maximum atomic E-state index is 12.1. The van der Waals surface area contributed by atoms with Crippen molar-refractivity contribution in [3.8, 4) is 5.75 Å². The van der Waals surface area contributed by atoms with Gasteiger partial charge in [-0.1, -0.05) is 6.92 Å². The molecule has 1 aliphatic rings. The van der Waals surface area contributed by atoms with E-state index in [0.717, 1.165) is 25.3 Å². The van der Waals surface area contributed by atoms with Crippen LogP contribution in [0.1, 0.15) is 36.5 Å². The number of nitrogens with two attached hydrogens (primary N) is 1. The van der Waals surface area contributed by atoms with Crippen LogP contribution in [0.5, 0.6) is 5.75 Å². The van der Waals surface area contributed by atoms with Crippen molar-refractivity contribution >= 4 is 11.6 Å². The van der Waals surface area contributed by atoms with Crippen molar-refractivity contribution in [3.05, 3.63) is 23.8 Å². The van der Waals surface area contributed by atoms with Crippen molar-refractivity contribution in [1.82, 2.24) is 5.32 Å². The number of hydrogen-bond donors (Lipinski definition) is 2. The Bertz CT molecular complexity index is 531. The van der Waals surface area contributed by atoms with Crippen LogP contribution in [0.3, 0.4) is 0 Å². The second-order valence-electron chi connectivity index (χ2n) is 5.39. The van der Waals surface area contributed by atoms with E-state index in [1.807, 2.05) is 0 Å². The lowest BCUT2D eigenvalue weighted by molar-refractivity contribution is -0.274. The molecule has 21 heavy (non-hydrogen) atoms. The molecule has 1 aromatic rings. The Morgan fingerprint density at radius 2 is 2.10 bits per heavy atom. The second kappa shape index (κ2) is 5.83. The first-order chi connectivity index (χ1) is 9.74. The smallest absolute Gasteiger partial charge is 0.404 e. The van der Waals surface area contributed by atoms with Crippen molar-refractivity contribution < 1.29 is 22.7 Å². The number of nitrogens with one attached hydrogen (secondary N) is 1. The van der Waals surface area contributed by atoms with Crippen molar-refractivity contribution in [2.45, 2.75) is 38.6 Å². The zero-order valence-corrected chi connectivity index (χ0v) is 11.5. The van der Waals surface area contributed by atoms with Gasteiger partial charge in [0.05, 0.1) is 5.69 Å². The van der Waals surface area contributed by atoms with Gasteiger partial charge < -0.3 is 15.8 Å². The van der Waals surface area contributed by atoms with Crippen LogP contribution in [0, 0.1) is 5.92 Å². The van der Waals surface area contributed by atoms with E-state index in [4.69, 9.17) is 5.73 Å². The first-order valence-electron chi connectivity index (χ1n) is 6.71. The third-order valence-corrected chi connectivity index (χ3v) is 3.53. The number of nitrogen functional groups attached to an aromatic ring is 1. The number of halogens is 3. The first-order valence-corrected chi connectivity index (χ1v) is 6.71. The molecule has 0 bridgehead atoms. The van der Waals surface area contributed by atoms with Crippen molar-refractivity contribution in [1.29, 1.82) is 0 Å². The van der Waals surface area contributed by atoms with Gasteiger partial charge in [0.25, 0.3) is 5.91 Å². The summed E-state index contributed by atoms with van der Waals surface area (Å²) < 4.78 is 40.1. The van der Waals surface area contributed by atoms with Crippen LogP contribution in [-0.2, 0) is 0 Å². The highest BCUT2D eigenvalue weighted by atomic mass is 19.4. The monoisotopic (exact) mass is 302 g/mol. The van der Waals surface area contributed by atoms with Crippen LogP contribution >= 0.6 is 0 Å². The minimum atomic E-state index is -4.81. The summed E-state index contributed by atoms with van der Waals surface area (Å²) >= 11 is 0. The van der Waals surface area contributed by atoms with Gasteiger partial charge in [-0.2, -0.15) is 0 Å². The topological polar surface area (TPSA) is 64.3 Å². The fourth-order valence-corrected chi connectivity index (χ4v) is 2.51. The van der Waals surface area contributed by atoms with E-state index in [9.17, 15) is 18.0 Å². The zero-order valence-electron chi connectivity index (χ0n) is 11.5. The average molecular weight is 302 g/mol. The van der Waals surface area contributed by atoms with E-state index >= 15 is 0 Å². The van der Waals surface area contributed by atoms with Crippen LogP contribution in [0.2, 0.25) is 0 Å². The van der Waals surface area contributed by atoms with Crippen molar-refractivity contribution in [2.75, 3.05) is 5.73 Å². The Hall–Kier alpha value is -1.92. The maximum Gasteiger partial charge on any atom is 0.573 e. The summed E-state index contributed by atoms with van der Waals surface area (Å²) in [7, 11) is 0. The number of carbonyl (C=O) groups excluding carboxylic acids is 1. The molecular weight excluding hydrogens is 285 g/mol. The Labute approximate surface area is 120 Å². The lowest BCUT2D eigenvalue weighted by Crippen LogP contribution is -2.32. The van der Waals surface area contributed by atoms with Crippen molar-refractivity contribution in [2.24, 2.45) is 5.92 Å². The Balaban J connectivity index is 2.03. The van der Waals surface area contributed by atoms with Gasteiger partial charge >= 0.3 is 6.36 Å². The molecule has 0 saturated heterocycles. The normalized spacial score (nSPS) is 22.1. The third-order valence-electron chi connectivity index (χ3n) is 3.53. The van der Waals surface area contributed by atoms with Crippen LogP contribution in [0.25, 0.3) is 0 Å². The highest BCUT2D eigenvalue weighted by molar-refractivity contribution is 5.95. The predicted octanol–water partition coefficient (Wildman–Crippen LogP) is 3.09. The van der Waals surface area contributed by atoms with E-state index in [-0.39, 0.29) is 23.2 Å². The molecule has 4 nitrogen and oxygen atoms in total. The average Bonchev–Trinajstić information content (AvgIpc) is 2.75. The Kier molecular flexibility index (Phi) is 4.29. The van der Waals surface area contributed by atoms with E-state index < -0.39 is 12.1 Å². The fraction of sp³-hybridized carbons (Fsp3) is 0.500. The molecule has 7 heteroatoms.